The minimum absolute atomic E-state index is 0.203. The summed E-state index contributed by atoms with van der Waals surface area (Å²) in [5.74, 6) is -0.396. The van der Waals surface area contributed by atoms with Crippen LogP contribution in [0.5, 0.6) is 0 Å². The second-order valence-electron chi connectivity index (χ2n) is 4.18. The first-order valence-corrected chi connectivity index (χ1v) is 5.59. The first kappa shape index (κ1) is 13.4. The molecule has 2 nitrogen and oxygen atoms in total. The predicted octanol–water partition coefficient (Wildman–Crippen LogP) is 3.43. The van der Waals surface area contributed by atoms with Crippen LogP contribution >= 0.6 is 0 Å². The van der Waals surface area contributed by atoms with Crippen LogP contribution in [0, 0.1) is 11.7 Å². The Morgan fingerprint density at radius 1 is 1.41 bits per heavy atom. The molecule has 0 saturated carbocycles. The molecule has 0 bridgehead atoms. The van der Waals surface area contributed by atoms with Gasteiger partial charge in [0, 0.05) is 12.5 Å². The zero-order chi connectivity index (χ0) is 12.8. The summed E-state index contributed by atoms with van der Waals surface area (Å²) >= 11 is 0. The summed E-state index contributed by atoms with van der Waals surface area (Å²) < 4.78 is 18.4. The van der Waals surface area contributed by atoms with Gasteiger partial charge in [0.1, 0.15) is 12.4 Å². The number of hydrogen-bond donors (Lipinski definition) is 0. The van der Waals surface area contributed by atoms with E-state index in [1.165, 1.54) is 13.0 Å². The highest BCUT2D eigenvalue weighted by Gasteiger charge is 2.07. The van der Waals surface area contributed by atoms with Gasteiger partial charge in [0.05, 0.1) is 0 Å². The Labute approximate surface area is 101 Å². The summed E-state index contributed by atoms with van der Waals surface area (Å²) in [4.78, 5) is 10.8. The molecule has 0 amide bonds. The van der Waals surface area contributed by atoms with E-state index in [-0.39, 0.29) is 24.3 Å². The molecule has 0 N–H and O–H groups in total. The molecule has 1 aromatic rings. The third-order valence-corrected chi connectivity index (χ3v) is 2.43. The van der Waals surface area contributed by atoms with Crippen molar-refractivity contribution >= 4 is 12.0 Å². The molecule has 0 atom stereocenters. The normalized spacial score (nSPS) is 11.7. The molecule has 17 heavy (non-hydrogen) atoms. The summed E-state index contributed by atoms with van der Waals surface area (Å²) in [6.07, 6.45) is 1.74. The molecule has 0 spiro atoms. The first-order chi connectivity index (χ1) is 8.00. The lowest BCUT2D eigenvalue weighted by atomic mass is 10.0. The van der Waals surface area contributed by atoms with E-state index in [9.17, 15) is 9.18 Å². The fourth-order valence-corrected chi connectivity index (χ4v) is 1.35. The van der Waals surface area contributed by atoms with Gasteiger partial charge in [-0.05, 0) is 23.6 Å². The van der Waals surface area contributed by atoms with E-state index < -0.39 is 0 Å². The van der Waals surface area contributed by atoms with Crippen LogP contribution in [0.15, 0.2) is 29.8 Å². The van der Waals surface area contributed by atoms with Crippen molar-refractivity contribution in [3.63, 3.8) is 0 Å². The Hall–Kier alpha value is -1.64. The molecule has 3 heteroatoms. The van der Waals surface area contributed by atoms with Crippen molar-refractivity contribution in [1.82, 2.24) is 0 Å². The Morgan fingerprint density at radius 3 is 2.59 bits per heavy atom. The molecular formula is C14H17FO2. The summed E-state index contributed by atoms with van der Waals surface area (Å²) in [6.45, 7) is 5.54. The van der Waals surface area contributed by atoms with Crippen molar-refractivity contribution in [1.29, 1.82) is 0 Å². The largest absolute Gasteiger partial charge is 0.461 e. The molecule has 0 aromatic heterocycles. The number of rotatable bonds is 4. The molecule has 0 radical (unpaired) electrons. The van der Waals surface area contributed by atoms with Crippen LogP contribution in [0.2, 0.25) is 0 Å². The van der Waals surface area contributed by atoms with Crippen molar-refractivity contribution in [2.24, 2.45) is 5.92 Å². The second-order valence-corrected chi connectivity index (χ2v) is 4.18. The van der Waals surface area contributed by atoms with Gasteiger partial charge >= 0.3 is 5.97 Å². The highest BCUT2D eigenvalue weighted by atomic mass is 19.1. The molecule has 1 aromatic carbocycles. The predicted molar refractivity (Wildman–Crippen MR) is 65.8 cm³/mol. The molecule has 0 aliphatic carbocycles. The maximum absolute atomic E-state index is 13.5. The van der Waals surface area contributed by atoms with Crippen molar-refractivity contribution in [3.8, 4) is 0 Å². The van der Waals surface area contributed by atoms with Crippen LogP contribution < -0.4 is 0 Å². The highest BCUT2D eigenvalue weighted by Crippen LogP contribution is 2.17. The highest BCUT2D eigenvalue weighted by molar-refractivity contribution is 5.66. The Bertz CT molecular complexity index is 422. The lowest BCUT2D eigenvalue weighted by Gasteiger charge is -2.11. The number of benzene rings is 1. The lowest BCUT2D eigenvalue weighted by molar-refractivity contribution is -0.140. The minimum Gasteiger partial charge on any atom is -0.461 e. The van der Waals surface area contributed by atoms with Gasteiger partial charge in [-0.1, -0.05) is 32.0 Å². The Morgan fingerprint density at radius 2 is 2.06 bits per heavy atom. The summed E-state index contributed by atoms with van der Waals surface area (Å²) in [7, 11) is 0. The van der Waals surface area contributed by atoms with Gasteiger partial charge in [-0.3, -0.25) is 4.79 Å². The second kappa shape index (κ2) is 6.18. The van der Waals surface area contributed by atoms with Crippen molar-refractivity contribution in [3.05, 3.63) is 41.2 Å². The Balaban J connectivity index is 2.90. The number of carbonyl (C=O) groups excluding carboxylic acids is 1. The molecule has 0 fully saturated rings. The van der Waals surface area contributed by atoms with E-state index in [4.69, 9.17) is 4.74 Å². The topological polar surface area (TPSA) is 26.3 Å². The number of hydrogen-bond acceptors (Lipinski definition) is 2. The summed E-state index contributed by atoms with van der Waals surface area (Å²) in [5, 5.41) is 0. The van der Waals surface area contributed by atoms with E-state index in [2.05, 4.69) is 0 Å². The van der Waals surface area contributed by atoms with E-state index in [0.717, 1.165) is 5.57 Å². The molecule has 0 heterocycles. The summed E-state index contributed by atoms with van der Waals surface area (Å²) in [5.41, 5.74) is 1.41. The number of halogens is 1. The van der Waals surface area contributed by atoms with Gasteiger partial charge in [-0.2, -0.15) is 0 Å². The zero-order valence-electron chi connectivity index (χ0n) is 10.4. The van der Waals surface area contributed by atoms with Gasteiger partial charge in [-0.25, -0.2) is 4.39 Å². The molecule has 0 aliphatic rings. The standard InChI is InChI=1S/C14H17FO2/c1-10(2)13(9-17-11(3)16)8-12-6-4-5-7-14(12)15/h4-8,10H,9H2,1-3H3. The maximum Gasteiger partial charge on any atom is 0.302 e. The number of esters is 1. The van der Waals surface area contributed by atoms with E-state index in [1.54, 1.807) is 24.3 Å². The van der Waals surface area contributed by atoms with Gasteiger partial charge in [0.15, 0.2) is 0 Å². The van der Waals surface area contributed by atoms with Crippen molar-refractivity contribution in [2.45, 2.75) is 20.8 Å². The maximum atomic E-state index is 13.5. The molecule has 0 aliphatic heterocycles. The van der Waals surface area contributed by atoms with Gasteiger partial charge in [0.25, 0.3) is 0 Å². The van der Waals surface area contributed by atoms with Crippen LogP contribution in [0.25, 0.3) is 6.08 Å². The first-order valence-electron chi connectivity index (χ1n) is 5.59. The van der Waals surface area contributed by atoms with Crippen LogP contribution in [0.1, 0.15) is 26.3 Å². The van der Waals surface area contributed by atoms with E-state index >= 15 is 0 Å². The van der Waals surface area contributed by atoms with Gasteiger partial charge in [-0.15, -0.1) is 0 Å². The summed E-state index contributed by atoms with van der Waals surface area (Å²) in [6, 6.07) is 6.54. The van der Waals surface area contributed by atoms with Gasteiger partial charge < -0.3 is 4.74 Å². The molecule has 1 rings (SSSR count). The SMILES string of the molecule is CC(=O)OCC(=Cc1ccccc1F)C(C)C. The van der Waals surface area contributed by atoms with Crippen LogP contribution in [-0.4, -0.2) is 12.6 Å². The number of carbonyl (C=O) groups is 1. The molecule has 92 valence electrons. The third kappa shape index (κ3) is 4.39. The fourth-order valence-electron chi connectivity index (χ4n) is 1.35. The molecule has 0 unspecified atom stereocenters. The van der Waals surface area contributed by atoms with Crippen LogP contribution in [0.3, 0.4) is 0 Å². The van der Waals surface area contributed by atoms with Gasteiger partial charge in [0.2, 0.25) is 0 Å². The van der Waals surface area contributed by atoms with Crippen molar-refractivity contribution in [2.75, 3.05) is 6.61 Å². The quantitative estimate of drug-likeness (QED) is 0.749. The smallest absolute Gasteiger partial charge is 0.302 e. The average Bonchev–Trinajstić information content (AvgIpc) is 2.25. The van der Waals surface area contributed by atoms with Crippen LogP contribution in [-0.2, 0) is 9.53 Å². The fraction of sp³-hybridized carbons (Fsp3) is 0.357. The molecular weight excluding hydrogens is 219 g/mol. The van der Waals surface area contributed by atoms with Crippen molar-refractivity contribution < 1.29 is 13.9 Å². The Kier molecular flexibility index (Phi) is 4.88. The number of ether oxygens (including phenoxy) is 1. The third-order valence-electron chi connectivity index (χ3n) is 2.43. The zero-order valence-corrected chi connectivity index (χ0v) is 10.4. The lowest BCUT2D eigenvalue weighted by Crippen LogP contribution is -2.07. The van der Waals surface area contributed by atoms with E-state index in [1.807, 2.05) is 13.8 Å². The van der Waals surface area contributed by atoms with E-state index in [0.29, 0.717) is 5.56 Å². The average molecular weight is 236 g/mol. The minimum atomic E-state index is -0.329. The molecule has 0 saturated heterocycles. The monoisotopic (exact) mass is 236 g/mol. The van der Waals surface area contributed by atoms with Crippen LogP contribution in [0.4, 0.5) is 4.39 Å².